The molecule has 122 valence electrons. The Kier molecular flexibility index (Phi) is 2.82. The van der Waals surface area contributed by atoms with Gasteiger partial charge in [-0.2, -0.15) is 0 Å². The topological polar surface area (TPSA) is 50.8 Å². The van der Waals surface area contributed by atoms with Crippen LogP contribution in [0.5, 0.6) is 11.5 Å². The quantitative estimate of drug-likeness (QED) is 0.933. The molecule has 0 unspecified atom stereocenters. The number of fused-ring (bicyclic) bond motifs is 3. The standard InChI is InChI=1S/C18H22N2O3/c21-17(20-9-12-1-3-14(20)7-12)19-10-18(5-6-18)13-2-4-15-16(8-13)23-11-22-15/h2,4,8,12,14H,1,3,5-7,9-11H2,(H,19,21)/t12-,14+/m0/s1. The van der Waals surface area contributed by atoms with Gasteiger partial charge in [0.15, 0.2) is 11.5 Å². The fraction of sp³-hybridized carbons (Fsp3) is 0.611. The van der Waals surface area contributed by atoms with Crippen LogP contribution in [0, 0.1) is 5.92 Å². The van der Waals surface area contributed by atoms with Crippen LogP contribution in [0.15, 0.2) is 18.2 Å². The highest BCUT2D eigenvalue weighted by atomic mass is 16.7. The molecule has 1 aromatic rings. The van der Waals surface area contributed by atoms with Crippen molar-refractivity contribution >= 4 is 6.03 Å². The second-order valence-electron chi connectivity index (χ2n) is 7.49. The Morgan fingerprint density at radius 2 is 2.13 bits per heavy atom. The third-order valence-corrected chi connectivity index (χ3v) is 6.09. The Balaban J connectivity index is 1.26. The van der Waals surface area contributed by atoms with Gasteiger partial charge in [-0.1, -0.05) is 6.07 Å². The first kappa shape index (κ1) is 13.5. The summed E-state index contributed by atoms with van der Waals surface area (Å²) in [5, 5.41) is 3.19. The summed E-state index contributed by atoms with van der Waals surface area (Å²) in [6.45, 7) is 1.98. The molecule has 5 nitrogen and oxygen atoms in total. The molecule has 1 N–H and O–H groups in total. The van der Waals surface area contributed by atoms with Crippen molar-refractivity contribution in [1.82, 2.24) is 10.2 Å². The van der Waals surface area contributed by atoms with Crippen LogP contribution in [0.4, 0.5) is 4.79 Å². The largest absolute Gasteiger partial charge is 0.454 e. The van der Waals surface area contributed by atoms with E-state index in [4.69, 9.17) is 9.47 Å². The van der Waals surface area contributed by atoms with Gasteiger partial charge in [-0.3, -0.25) is 0 Å². The van der Waals surface area contributed by atoms with Crippen molar-refractivity contribution in [3.63, 3.8) is 0 Å². The third-order valence-electron chi connectivity index (χ3n) is 6.09. The zero-order valence-electron chi connectivity index (χ0n) is 13.2. The average molecular weight is 314 g/mol. The molecule has 4 aliphatic rings. The first-order chi connectivity index (χ1) is 11.2. The van der Waals surface area contributed by atoms with E-state index in [2.05, 4.69) is 22.3 Å². The number of nitrogens with zero attached hydrogens (tertiary/aromatic N) is 1. The van der Waals surface area contributed by atoms with Gasteiger partial charge in [0.1, 0.15) is 0 Å². The van der Waals surface area contributed by atoms with Crippen molar-refractivity contribution in [1.29, 1.82) is 0 Å². The predicted octanol–water partition coefficient (Wildman–Crippen LogP) is 2.64. The lowest BCUT2D eigenvalue weighted by Crippen LogP contribution is -2.46. The normalized spacial score (nSPS) is 29.0. The van der Waals surface area contributed by atoms with Gasteiger partial charge < -0.3 is 19.7 Å². The minimum atomic E-state index is 0.0926. The number of rotatable bonds is 3. The van der Waals surface area contributed by atoms with E-state index in [1.165, 1.54) is 24.8 Å². The van der Waals surface area contributed by atoms with Crippen LogP contribution in [-0.4, -0.2) is 36.9 Å². The minimum Gasteiger partial charge on any atom is -0.454 e. The summed E-state index contributed by atoms with van der Waals surface area (Å²) in [7, 11) is 0. The van der Waals surface area contributed by atoms with Crippen molar-refractivity contribution in [2.75, 3.05) is 19.9 Å². The zero-order valence-corrected chi connectivity index (χ0v) is 13.2. The Morgan fingerprint density at radius 1 is 1.26 bits per heavy atom. The van der Waals surface area contributed by atoms with Crippen molar-refractivity contribution in [2.45, 2.75) is 43.6 Å². The van der Waals surface area contributed by atoms with E-state index < -0.39 is 0 Å². The number of carbonyl (C=O) groups excluding carboxylic acids is 1. The number of hydrogen-bond donors (Lipinski definition) is 1. The lowest BCUT2D eigenvalue weighted by atomic mass is 9.95. The number of hydrogen-bond acceptors (Lipinski definition) is 3. The van der Waals surface area contributed by atoms with Crippen molar-refractivity contribution in [3.05, 3.63) is 23.8 Å². The molecule has 2 aliphatic heterocycles. The predicted molar refractivity (Wildman–Crippen MR) is 84.7 cm³/mol. The van der Waals surface area contributed by atoms with E-state index in [1.807, 2.05) is 6.07 Å². The smallest absolute Gasteiger partial charge is 0.317 e. The lowest BCUT2D eigenvalue weighted by Gasteiger charge is -2.28. The summed E-state index contributed by atoms with van der Waals surface area (Å²) in [6, 6.07) is 6.80. The monoisotopic (exact) mass is 314 g/mol. The van der Waals surface area contributed by atoms with Gasteiger partial charge in [-0.05, 0) is 55.7 Å². The number of amides is 2. The molecule has 2 bridgehead atoms. The molecule has 5 rings (SSSR count). The van der Waals surface area contributed by atoms with Crippen molar-refractivity contribution < 1.29 is 14.3 Å². The number of urea groups is 1. The Bertz CT molecular complexity index is 656. The van der Waals surface area contributed by atoms with Crippen LogP contribution in [0.25, 0.3) is 0 Å². The average Bonchev–Trinajstić information content (AvgIpc) is 2.97. The Hall–Kier alpha value is -1.91. The maximum Gasteiger partial charge on any atom is 0.317 e. The summed E-state index contributed by atoms with van der Waals surface area (Å²) in [6.07, 6.45) is 5.94. The molecular formula is C18H22N2O3. The minimum absolute atomic E-state index is 0.0926. The van der Waals surface area contributed by atoms with Gasteiger partial charge in [0.05, 0.1) is 0 Å². The summed E-state index contributed by atoms with van der Waals surface area (Å²) in [4.78, 5) is 14.6. The molecule has 0 spiro atoms. The molecule has 2 aliphatic carbocycles. The molecule has 0 aromatic heterocycles. The maximum atomic E-state index is 12.5. The van der Waals surface area contributed by atoms with Crippen LogP contribution in [-0.2, 0) is 5.41 Å². The number of nitrogens with one attached hydrogen (secondary N) is 1. The Labute approximate surface area is 135 Å². The van der Waals surface area contributed by atoms with E-state index >= 15 is 0 Å². The highest BCUT2D eigenvalue weighted by Gasteiger charge is 2.46. The second-order valence-corrected chi connectivity index (χ2v) is 7.49. The molecule has 2 atom stereocenters. The van der Waals surface area contributed by atoms with Crippen LogP contribution in [0.1, 0.15) is 37.7 Å². The van der Waals surface area contributed by atoms with Crippen molar-refractivity contribution in [2.24, 2.45) is 5.92 Å². The van der Waals surface area contributed by atoms with Gasteiger partial charge in [-0.25, -0.2) is 4.79 Å². The molecule has 2 heterocycles. The second kappa shape index (κ2) is 4.79. The van der Waals surface area contributed by atoms with Gasteiger partial charge in [0.25, 0.3) is 0 Å². The lowest BCUT2D eigenvalue weighted by molar-refractivity contribution is 0.174. The molecular weight excluding hydrogens is 292 g/mol. The van der Waals surface area contributed by atoms with Crippen LogP contribution in [0.3, 0.4) is 0 Å². The molecule has 1 saturated heterocycles. The molecule has 1 aromatic carbocycles. The summed E-state index contributed by atoms with van der Waals surface area (Å²) >= 11 is 0. The van der Waals surface area contributed by atoms with Crippen LogP contribution >= 0.6 is 0 Å². The third kappa shape index (κ3) is 2.17. The van der Waals surface area contributed by atoms with Crippen molar-refractivity contribution in [3.8, 4) is 11.5 Å². The summed E-state index contributed by atoms with van der Waals surface area (Å²) in [5.74, 6) is 2.40. The van der Waals surface area contributed by atoms with Gasteiger partial charge >= 0.3 is 6.03 Å². The summed E-state index contributed by atoms with van der Waals surface area (Å²) < 4.78 is 10.9. The molecule has 2 amide bonds. The van der Waals surface area contributed by atoms with E-state index in [9.17, 15) is 4.79 Å². The van der Waals surface area contributed by atoms with E-state index in [0.29, 0.717) is 12.8 Å². The number of likely N-dealkylation sites (tertiary alicyclic amines) is 1. The van der Waals surface area contributed by atoms with Gasteiger partial charge in [0.2, 0.25) is 6.79 Å². The molecule has 23 heavy (non-hydrogen) atoms. The maximum absolute atomic E-state index is 12.5. The number of carbonyl (C=O) groups is 1. The SMILES string of the molecule is O=C(NCC1(c2ccc3c(c2)OCO3)CC1)N1C[C@H]2CC[C@@H]1C2. The number of piperidine rings is 1. The first-order valence-corrected chi connectivity index (χ1v) is 8.68. The molecule has 0 radical (unpaired) electrons. The van der Waals surface area contributed by atoms with Gasteiger partial charge in [0, 0.05) is 24.5 Å². The zero-order chi connectivity index (χ0) is 15.4. The molecule has 2 saturated carbocycles. The Morgan fingerprint density at radius 3 is 2.87 bits per heavy atom. The fourth-order valence-corrected chi connectivity index (χ4v) is 4.46. The number of benzene rings is 1. The van der Waals surface area contributed by atoms with Crippen LogP contribution in [0.2, 0.25) is 0 Å². The van der Waals surface area contributed by atoms with E-state index in [0.717, 1.165) is 43.3 Å². The van der Waals surface area contributed by atoms with Crippen LogP contribution < -0.4 is 14.8 Å². The summed E-state index contributed by atoms with van der Waals surface area (Å²) in [5.41, 5.74) is 1.35. The highest BCUT2D eigenvalue weighted by Crippen LogP contribution is 2.50. The first-order valence-electron chi connectivity index (χ1n) is 8.68. The van der Waals surface area contributed by atoms with E-state index in [1.54, 1.807) is 0 Å². The molecule has 3 fully saturated rings. The van der Waals surface area contributed by atoms with Gasteiger partial charge in [-0.15, -0.1) is 0 Å². The molecule has 5 heteroatoms. The van der Waals surface area contributed by atoms with E-state index in [-0.39, 0.29) is 11.4 Å². The highest BCUT2D eigenvalue weighted by molar-refractivity contribution is 5.75. The fourth-order valence-electron chi connectivity index (χ4n) is 4.46. The number of ether oxygens (including phenoxy) is 2.